The van der Waals surface area contributed by atoms with Crippen molar-refractivity contribution in [3.63, 3.8) is 0 Å². The molecule has 0 radical (unpaired) electrons. The van der Waals surface area contributed by atoms with Gasteiger partial charge in [0, 0.05) is 0 Å². The average molecular weight is 204 g/mol. The van der Waals surface area contributed by atoms with E-state index in [4.69, 9.17) is 19.2 Å². The van der Waals surface area contributed by atoms with Gasteiger partial charge in [0.2, 0.25) is 0 Å². The molecule has 32 valence electrons. The third kappa shape index (κ3) is 66.3. The molecule has 0 aromatic carbocycles. The molecule has 0 aromatic heterocycles. The number of hydrogen-bond donors (Lipinski definition) is 0. The SMILES string of the molecule is [Na+].[O-][Si]([O-])([O-])[O-].[Y+3]. The van der Waals surface area contributed by atoms with E-state index in [9.17, 15) is 0 Å². The van der Waals surface area contributed by atoms with Crippen LogP contribution in [0, 0.1) is 0 Å². The average Bonchev–Trinajstić information content (AvgIpc) is 0.722. The second-order valence-corrected chi connectivity index (χ2v) is 1.50. The van der Waals surface area contributed by atoms with Crippen LogP contribution in [0.25, 0.3) is 0 Å². The predicted molar refractivity (Wildman–Crippen MR) is 5.75 cm³/mol. The summed E-state index contributed by atoms with van der Waals surface area (Å²) in [4.78, 5) is 34.3. The van der Waals surface area contributed by atoms with E-state index in [1.54, 1.807) is 0 Å². The monoisotopic (exact) mass is 204 g/mol. The summed E-state index contributed by atoms with van der Waals surface area (Å²) in [7, 11) is -5.61. The maximum Gasteiger partial charge on any atom is 3.00 e. The molecule has 0 amide bonds. The number of rotatable bonds is 0. The third-order valence-corrected chi connectivity index (χ3v) is 0. The maximum atomic E-state index is 8.58. The van der Waals surface area contributed by atoms with Crippen LogP contribution in [0.4, 0.5) is 0 Å². The first-order chi connectivity index (χ1) is 2.00. The molecule has 0 atom stereocenters. The molecule has 0 bridgehead atoms. The summed E-state index contributed by atoms with van der Waals surface area (Å²) in [5, 5.41) is 0. The molecule has 7 heavy (non-hydrogen) atoms. The van der Waals surface area contributed by atoms with Gasteiger partial charge in [-0.15, -0.1) is 0 Å². The Morgan fingerprint density at radius 1 is 0.857 bits per heavy atom. The molecule has 0 aliphatic carbocycles. The van der Waals surface area contributed by atoms with E-state index in [2.05, 4.69) is 0 Å². The van der Waals surface area contributed by atoms with Crippen LogP contribution in [0.5, 0.6) is 0 Å². The Morgan fingerprint density at radius 3 is 0.857 bits per heavy atom. The topological polar surface area (TPSA) is 92.2 Å². The fraction of sp³-hybridized carbons (Fsp3) is 0. The van der Waals surface area contributed by atoms with Crippen molar-refractivity contribution in [2.24, 2.45) is 0 Å². The van der Waals surface area contributed by atoms with Gasteiger partial charge in [0.1, 0.15) is 0 Å². The zero-order valence-electron chi connectivity index (χ0n) is 3.71. The summed E-state index contributed by atoms with van der Waals surface area (Å²) in [6, 6.07) is 0. The van der Waals surface area contributed by atoms with Crippen LogP contribution in [0.3, 0.4) is 0 Å². The molecule has 0 aliphatic heterocycles. The van der Waals surface area contributed by atoms with Crippen LogP contribution in [-0.2, 0) is 32.7 Å². The second-order valence-electron chi connectivity index (χ2n) is 0.500. The van der Waals surface area contributed by atoms with Crippen LogP contribution < -0.4 is 48.7 Å². The quantitative estimate of drug-likeness (QED) is 0.366. The van der Waals surface area contributed by atoms with Crippen molar-refractivity contribution in [3.8, 4) is 0 Å². The molecule has 0 heterocycles. The van der Waals surface area contributed by atoms with Crippen molar-refractivity contribution < 1.29 is 81.4 Å². The first kappa shape index (κ1) is 16.1. The zero-order chi connectivity index (χ0) is 4.50. The van der Waals surface area contributed by atoms with Gasteiger partial charge in [-0.05, 0) is 0 Å². The van der Waals surface area contributed by atoms with Crippen molar-refractivity contribution in [3.05, 3.63) is 0 Å². The molecule has 0 saturated heterocycles. The number of hydrogen-bond acceptors (Lipinski definition) is 4. The smallest absolute Gasteiger partial charge is 0.894 e. The molecule has 0 rings (SSSR count). The molecular weight excluding hydrogens is 204 g/mol. The Hall–Kier alpha value is 2.16. The largest absolute Gasteiger partial charge is 3.00 e. The molecule has 0 aromatic rings. The van der Waals surface area contributed by atoms with Gasteiger partial charge < -0.3 is 28.2 Å². The van der Waals surface area contributed by atoms with E-state index in [1.165, 1.54) is 0 Å². The van der Waals surface area contributed by atoms with Gasteiger partial charge in [-0.1, -0.05) is 0 Å². The summed E-state index contributed by atoms with van der Waals surface area (Å²) in [6.07, 6.45) is 0. The minimum Gasteiger partial charge on any atom is -0.894 e. The minimum atomic E-state index is -5.61. The molecule has 7 heteroatoms. The molecule has 0 aliphatic rings. The predicted octanol–water partition coefficient (Wildman–Crippen LogP) is -8.14. The third-order valence-electron chi connectivity index (χ3n) is 0. The van der Waals surface area contributed by atoms with Crippen LogP contribution in [0.15, 0.2) is 0 Å². The summed E-state index contributed by atoms with van der Waals surface area (Å²) in [5.41, 5.74) is 0. The van der Waals surface area contributed by atoms with E-state index in [0.717, 1.165) is 0 Å². The minimum absolute atomic E-state index is 0. The first-order valence-corrected chi connectivity index (χ1v) is 2.45. The van der Waals surface area contributed by atoms with E-state index < -0.39 is 9.05 Å². The maximum absolute atomic E-state index is 8.58. The zero-order valence-corrected chi connectivity index (χ0v) is 9.55. The van der Waals surface area contributed by atoms with E-state index in [-0.39, 0.29) is 62.3 Å². The molecule has 0 N–H and O–H groups in total. The standard InChI is InChI=1S/Na.O4Si.Y/c;1-5(2,3)4;/q+1;-4;+3. The van der Waals surface area contributed by atoms with Gasteiger partial charge in [0.05, 0.1) is 0 Å². The Morgan fingerprint density at radius 2 is 0.857 bits per heavy atom. The van der Waals surface area contributed by atoms with Crippen molar-refractivity contribution >= 4 is 9.05 Å². The molecular formula is NaO4SiY. The van der Waals surface area contributed by atoms with Gasteiger partial charge in [-0.2, -0.15) is 0 Å². The van der Waals surface area contributed by atoms with Crippen molar-refractivity contribution in [1.82, 2.24) is 0 Å². The second kappa shape index (κ2) is 6.28. The summed E-state index contributed by atoms with van der Waals surface area (Å²) in [5.74, 6) is 0. The fourth-order valence-electron chi connectivity index (χ4n) is 0. The summed E-state index contributed by atoms with van der Waals surface area (Å²) >= 11 is 0. The molecule has 0 spiro atoms. The van der Waals surface area contributed by atoms with Gasteiger partial charge >= 0.3 is 62.3 Å². The molecule has 0 saturated carbocycles. The Balaban J connectivity index is -0.0000000800. The van der Waals surface area contributed by atoms with Crippen LogP contribution in [0.1, 0.15) is 0 Å². The van der Waals surface area contributed by atoms with E-state index >= 15 is 0 Å². The van der Waals surface area contributed by atoms with Crippen LogP contribution >= 0.6 is 0 Å². The Labute approximate surface area is 89.2 Å². The van der Waals surface area contributed by atoms with Gasteiger partial charge in [0.25, 0.3) is 0 Å². The van der Waals surface area contributed by atoms with Gasteiger partial charge in [-0.25, -0.2) is 0 Å². The molecule has 0 fully saturated rings. The van der Waals surface area contributed by atoms with Gasteiger partial charge in [0.15, 0.2) is 0 Å². The molecule has 0 unspecified atom stereocenters. The summed E-state index contributed by atoms with van der Waals surface area (Å²) < 4.78 is 0. The van der Waals surface area contributed by atoms with Crippen molar-refractivity contribution in [1.29, 1.82) is 0 Å². The first-order valence-electron chi connectivity index (χ1n) is 0.816. The normalized spacial score (nSPS) is 8.57. The van der Waals surface area contributed by atoms with E-state index in [0.29, 0.717) is 0 Å². The van der Waals surface area contributed by atoms with Crippen molar-refractivity contribution in [2.45, 2.75) is 0 Å². The molecule has 4 nitrogen and oxygen atoms in total. The Bertz CT molecular complexity index is 27.2. The van der Waals surface area contributed by atoms with Crippen molar-refractivity contribution in [2.75, 3.05) is 0 Å². The summed E-state index contributed by atoms with van der Waals surface area (Å²) in [6.45, 7) is 0. The Kier molecular flexibility index (Phi) is 14.4. The van der Waals surface area contributed by atoms with Gasteiger partial charge in [-0.3, -0.25) is 0 Å². The van der Waals surface area contributed by atoms with E-state index in [1.807, 2.05) is 0 Å². The van der Waals surface area contributed by atoms with Crippen LogP contribution in [-0.4, -0.2) is 9.05 Å². The fourth-order valence-corrected chi connectivity index (χ4v) is 0. The van der Waals surface area contributed by atoms with Crippen LogP contribution in [0.2, 0.25) is 0 Å².